The number of rotatable bonds is 3. The molecule has 1 atom stereocenters. The highest BCUT2D eigenvalue weighted by Crippen LogP contribution is 2.20. The topological polar surface area (TPSA) is 78.7 Å². The summed E-state index contributed by atoms with van der Waals surface area (Å²) in [5.74, 6) is -0.933. The quantitative estimate of drug-likeness (QED) is 0.653. The molecule has 2 rings (SSSR count). The fourth-order valence-corrected chi connectivity index (χ4v) is 2.91. The van der Waals surface area contributed by atoms with Crippen LogP contribution in [-0.2, 0) is 9.59 Å². The highest BCUT2D eigenvalue weighted by atomic mass is 16.2. The van der Waals surface area contributed by atoms with E-state index in [2.05, 4.69) is 10.2 Å². The number of nitrogens with zero attached hydrogens (tertiary/aromatic N) is 2. The molecule has 108 valence electrons. The molecule has 0 aromatic heterocycles. The third kappa shape index (κ3) is 3.67. The summed E-state index contributed by atoms with van der Waals surface area (Å²) in [6.07, 6.45) is 4.80. The van der Waals surface area contributed by atoms with Gasteiger partial charge in [0.05, 0.1) is 0 Å². The number of nitrogens with two attached hydrogens (primary N) is 1. The van der Waals surface area contributed by atoms with Crippen molar-refractivity contribution in [1.82, 2.24) is 15.1 Å². The molecule has 0 aliphatic carbocycles. The van der Waals surface area contributed by atoms with E-state index in [1.54, 1.807) is 4.90 Å². The van der Waals surface area contributed by atoms with E-state index in [0.29, 0.717) is 32.2 Å². The van der Waals surface area contributed by atoms with Gasteiger partial charge in [-0.15, -0.1) is 0 Å². The van der Waals surface area contributed by atoms with Crippen LogP contribution in [0.15, 0.2) is 0 Å². The van der Waals surface area contributed by atoms with Crippen LogP contribution >= 0.6 is 0 Å². The van der Waals surface area contributed by atoms with Gasteiger partial charge in [-0.1, -0.05) is 6.42 Å². The van der Waals surface area contributed by atoms with Crippen LogP contribution in [0.3, 0.4) is 0 Å². The number of nitrogens with one attached hydrogen (secondary N) is 1. The van der Waals surface area contributed by atoms with Crippen molar-refractivity contribution in [3.63, 3.8) is 0 Å². The molecule has 2 aliphatic heterocycles. The van der Waals surface area contributed by atoms with Gasteiger partial charge in [0.25, 0.3) is 0 Å². The molecule has 0 spiro atoms. The molecule has 0 bridgehead atoms. The first-order valence-corrected chi connectivity index (χ1v) is 7.23. The lowest BCUT2D eigenvalue weighted by Crippen LogP contribution is -2.45. The smallest absolute Gasteiger partial charge is 0.311 e. The van der Waals surface area contributed by atoms with Gasteiger partial charge in [-0.2, -0.15) is 0 Å². The van der Waals surface area contributed by atoms with Crippen LogP contribution in [0.25, 0.3) is 0 Å². The van der Waals surface area contributed by atoms with Gasteiger partial charge in [-0.25, -0.2) is 0 Å². The van der Waals surface area contributed by atoms with Crippen molar-refractivity contribution in [3.05, 3.63) is 0 Å². The van der Waals surface area contributed by atoms with Gasteiger partial charge in [0.15, 0.2) is 0 Å². The molecule has 3 N–H and O–H groups in total. The Morgan fingerprint density at radius 2 is 1.89 bits per heavy atom. The van der Waals surface area contributed by atoms with Gasteiger partial charge in [-0.05, 0) is 32.4 Å². The standard InChI is InChI=1S/C13H24N4O2/c14-5-6-15-12(18)13(19)17-9-4-11(10-17)16-7-2-1-3-8-16/h11H,1-10,14H2,(H,15,18). The molecule has 2 amide bonds. The second-order valence-electron chi connectivity index (χ2n) is 5.33. The van der Waals surface area contributed by atoms with Crippen molar-refractivity contribution in [3.8, 4) is 0 Å². The van der Waals surface area contributed by atoms with Crippen LogP contribution in [-0.4, -0.2) is 66.9 Å². The van der Waals surface area contributed by atoms with Crippen LogP contribution in [0, 0.1) is 0 Å². The fourth-order valence-electron chi connectivity index (χ4n) is 2.91. The number of piperidine rings is 1. The maximum Gasteiger partial charge on any atom is 0.311 e. The highest BCUT2D eigenvalue weighted by molar-refractivity contribution is 6.35. The summed E-state index contributed by atoms with van der Waals surface area (Å²) in [6.45, 7) is 4.35. The summed E-state index contributed by atoms with van der Waals surface area (Å²) >= 11 is 0. The summed E-state index contributed by atoms with van der Waals surface area (Å²) in [5, 5.41) is 2.53. The van der Waals surface area contributed by atoms with E-state index < -0.39 is 11.8 Å². The van der Waals surface area contributed by atoms with Crippen molar-refractivity contribution in [2.75, 3.05) is 39.3 Å². The average Bonchev–Trinajstić information content (AvgIpc) is 2.94. The Bertz CT molecular complexity index is 329. The molecule has 2 aliphatic rings. The fraction of sp³-hybridized carbons (Fsp3) is 0.846. The van der Waals surface area contributed by atoms with Crippen molar-refractivity contribution >= 4 is 11.8 Å². The molecular weight excluding hydrogens is 244 g/mol. The Morgan fingerprint density at radius 1 is 1.16 bits per heavy atom. The lowest BCUT2D eigenvalue weighted by molar-refractivity contribution is -0.145. The van der Waals surface area contributed by atoms with Gasteiger partial charge < -0.3 is 16.0 Å². The zero-order valence-corrected chi connectivity index (χ0v) is 11.4. The van der Waals surface area contributed by atoms with Crippen LogP contribution in [0.1, 0.15) is 25.7 Å². The van der Waals surface area contributed by atoms with E-state index in [1.165, 1.54) is 19.3 Å². The van der Waals surface area contributed by atoms with Crippen molar-refractivity contribution in [2.45, 2.75) is 31.7 Å². The monoisotopic (exact) mass is 268 g/mol. The minimum atomic E-state index is -0.523. The minimum absolute atomic E-state index is 0.355. The van der Waals surface area contributed by atoms with Crippen LogP contribution < -0.4 is 11.1 Å². The predicted octanol–water partition coefficient (Wildman–Crippen LogP) is -0.852. The van der Waals surface area contributed by atoms with E-state index >= 15 is 0 Å². The molecule has 2 heterocycles. The van der Waals surface area contributed by atoms with E-state index in [-0.39, 0.29) is 0 Å². The lowest BCUT2D eigenvalue weighted by atomic mass is 10.1. The van der Waals surface area contributed by atoms with Gasteiger partial charge >= 0.3 is 11.8 Å². The zero-order valence-electron chi connectivity index (χ0n) is 11.4. The number of hydrogen-bond donors (Lipinski definition) is 2. The van der Waals surface area contributed by atoms with Crippen LogP contribution in [0.4, 0.5) is 0 Å². The number of carbonyl (C=O) groups excluding carboxylic acids is 2. The lowest BCUT2D eigenvalue weighted by Gasteiger charge is -2.32. The molecule has 0 saturated carbocycles. The van der Waals surface area contributed by atoms with E-state index in [1.807, 2.05) is 0 Å². The zero-order chi connectivity index (χ0) is 13.7. The molecule has 2 fully saturated rings. The third-order valence-electron chi connectivity index (χ3n) is 3.98. The molecule has 0 aromatic rings. The SMILES string of the molecule is NCCNC(=O)C(=O)N1CCC(N2CCCCC2)C1. The molecule has 6 heteroatoms. The largest absolute Gasteiger partial charge is 0.347 e. The molecule has 1 unspecified atom stereocenters. The predicted molar refractivity (Wildman–Crippen MR) is 72.5 cm³/mol. The third-order valence-corrected chi connectivity index (χ3v) is 3.98. The Balaban J connectivity index is 1.80. The summed E-state index contributed by atoms with van der Waals surface area (Å²) in [7, 11) is 0. The summed E-state index contributed by atoms with van der Waals surface area (Å²) in [5.41, 5.74) is 5.30. The molecular formula is C13H24N4O2. The summed E-state index contributed by atoms with van der Waals surface area (Å²) < 4.78 is 0. The molecule has 2 saturated heterocycles. The second kappa shape index (κ2) is 6.86. The van der Waals surface area contributed by atoms with Crippen LogP contribution in [0.5, 0.6) is 0 Å². The number of amides is 2. The van der Waals surface area contributed by atoms with Gasteiger partial charge in [0.1, 0.15) is 0 Å². The van der Waals surface area contributed by atoms with Gasteiger partial charge in [-0.3, -0.25) is 14.5 Å². The number of carbonyl (C=O) groups is 2. The van der Waals surface area contributed by atoms with Crippen molar-refractivity contribution in [2.24, 2.45) is 5.73 Å². The van der Waals surface area contributed by atoms with E-state index in [4.69, 9.17) is 5.73 Å². The first-order chi connectivity index (χ1) is 9.22. The summed E-state index contributed by atoms with van der Waals surface area (Å²) in [4.78, 5) is 27.7. The van der Waals surface area contributed by atoms with Gasteiger partial charge in [0.2, 0.25) is 0 Å². The first kappa shape index (κ1) is 14.3. The van der Waals surface area contributed by atoms with E-state index in [9.17, 15) is 9.59 Å². The molecule has 19 heavy (non-hydrogen) atoms. The van der Waals surface area contributed by atoms with Crippen molar-refractivity contribution in [1.29, 1.82) is 0 Å². The van der Waals surface area contributed by atoms with Crippen molar-refractivity contribution < 1.29 is 9.59 Å². The Hall–Kier alpha value is -1.14. The van der Waals surface area contributed by atoms with Gasteiger partial charge in [0, 0.05) is 32.2 Å². The van der Waals surface area contributed by atoms with Crippen LogP contribution in [0.2, 0.25) is 0 Å². The number of hydrogen-bond acceptors (Lipinski definition) is 4. The Labute approximate surface area is 114 Å². The highest BCUT2D eigenvalue weighted by Gasteiger charge is 2.33. The average molecular weight is 268 g/mol. The molecule has 0 radical (unpaired) electrons. The summed E-state index contributed by atoms with van der Waals surface area (Å²) in [6, 6.07) is 0.437. The Kier molecular flexibility index (Phi) is 5.15. The molecule has 0 aromatic carbocycles. The second-order valence-corrected chi connectivity index (χ2v) is 5.33. The maximum absolute atomic E-state index is 11.9. The Morgan fingerprint density at radius 3 is 2.58 bits per heavy atom. The maximum atomic E-state index is 11.9. The minimum Gasteiger partial charge on any atom is -0.347 e. The number of likely N-dealkylation sites (tertiary alicyclic amines) is 2. The van der Waals surface area contributed by atoms with E-state index in [0.717, 1.165) is 19.5 Å². The first-order valence-electron chi connectivity index (χ1n) is 7.23. The normalized spacial score (nSPS) is 24.5. The molecule has 6 nitrogen and oxygen atoms in total.